The molecule has 0 amide bonds. The van der Waals surface area contributed by atoms with Gasteiger partial charge in [0.1, 0.15) is 0 Å². The van der Waals surface area contributed by atoms with Crippen molar-refractivity contribution >= 4 is 11.4 Å². The first kappa shape index (κ1) is 9.54. The molecule has 1 heteroatoms. The second-order valence-electron chi connectivity index (χ2n) is 2.98. The Bertz CT molecular complexity index is 356. The minimum atomic E-state index is 0.988. The average molecular weight is 171 g/mol. The first-order chi connectivity index (χ1) is 6.22. The van der Waals surface area contributed by atoms with E-state index in [0.717, 1.165) is 17.0 Å². The molecule has 66 valence electrons. The Labute approximate surface area is 79.5 Å². The quantitative estimate of drug-likeness (QED) is 0.454. The van der Waals surface area contributed by atoms with E-state index in [0.29, 0.717) is 0 Å². The third-order valence-electron chi connectivity index (χ3n) is 1.49. The molecule has 1 nitrogen and oxygen atoms in total. The van der Waals surface area contributed by atoms with Crippen LogP contribution in [0.3, 0.4) is 0 Å². The average Bonchev–Trinajstić information content (AvgIpc) is 2.08. The van der Waals surface area contributed by atoms with Gasteiger partial charge >= 0.3 is 0 Å². The molecule has 0 saturated heterocycles. The molecule has 0 aliphatic carbocycles. The van der Waals surface area contributed by atoms with E-state index in [1.54, 1.807) is 0 Å². The fraction of sp³-hybridized carbons (Fsp3) is 0.250. The highest BCUT2D eigenvalue weighted by atomic mass is 14.7. The van der Waals surface area contributed by atoms with Gasteiger partial charge in [0.05, 0.1) is 5.69 Å². The highest BCUT2D eigenvalue weighted by Gasteiger charge is 1.89. The molecule has 0 heterocycles. The fourth-order valence-corrected chi connectivity index (χ4v) is 1.02. The lowest BCUT2D eigenvalue weighted by Crippen LogP contribution is -1.78. The first-order valence-electron chi connectivity index (χ1n) is 4.27. The summed E-state index contributed by atoms with van der Waals surface area (Å²) in [5.41, 5.74) is 3.09. The number of aliphatic imine (C=N–C) groups is 1. The normalized spacial score (nSPS) is 8.54. The van der Waals surface area contributed by atoms with Gasteiger partial charge in [-0.25, -0.2) is 0 Å². The highest BCUT2D eigenvalue weighted by molar-refractivity contribution is 5.82. The van der Waals surface area contributed by atoms with Crippen molar-refractivity contribution in [1.82, 2.24) is 0 Å². The van der Waals surface area contributed by atoms with Crippen LogP contribution in [0, 0.1) is 11.8 Å². The monoisotopic (exact) mass is 171 g/mol. The number of hydrogen-bond donors (Lipinski definition) is 0. The number of hydrogen-bond acceptors (Lipinski definition) is 1. The molecular formula is C12H13N. The van der Waals surface area contributed by atoms with Gasteiger partial charge in [0.25, 0.3) is 0 Å². The fourth-order valence-electron chi connectivity index (χ4n) is 1.02. The van der Waals surface area contributed by atoms with Crippen LogP contribution in [0.2, 0.25) is 0 Å². The minimum absolute atomic E-state index is 0.988. The topological polar surface area (TPSA) is 12.4 Å². The highest BCUT2D eigenvalue weighted by Crippen LogP contribution is 2.12. The van der Waals surface area contributed by atoms with Crippen molar-refractivity contribution in [3.05, 3.63) is 29.8 Å². The molecule has 0 spiro atoms. The summed E-state index contributed by atoms with van der Waals surface area (Å²) in [6.45, 7) is 5.81. The second kappa shape index (κ2) is 4.47. The molecule has 0 bridgehead atoms. The lowest BCUT2D eigenvalue weighted by atomic mass is 10.2. The number of benzene rings is 1. The van der Waals surface area contributed by atoms with Crippen LogP contribution < -0.4 is 0 Å². The van der Waals surface area contributed by atoms with Crippen LogP contribution in [0.15, 0.2) is 29.3 Å². The van der Waals surface area contributed by atoms with Gasteiger partial charge in [-0.1, -0.05) is 5.92 Å². The number of rotatable bonds is 1. The molecule has 1 aromatic carbocycles. The third-order valence-corrected chi connectivity index (χ3v) is 1.49. The van der Waals surface area contributed by atoms with Crippen LogP contribution in [0.1, 0.15) is 26.3 Å². The SMILES string of the molecule is CC#Cc1ccc(N=C(C)C)cc1. The Hall–Kier alpha value is -1.55. The summed E-state index contributed by atoms with van der Waals surface area (Å²) < 4.78 is 0. The van der Waals surface area contributed by atoms with Gasteiger partial charge in [0.2, 0.25) is 0 Å². The van der Waals surface area contributed by atoms with Crippen LogP contribution in [-0.2, 0) is 0 Å². The van der Waals surface area contributed by atoms with E-state index >= 15 is 0 Å². The van der Waals surface area contributed by atoms with Crippen molar-refractivity contribution in [3.63, 3.8) is 0 Å². The first-order valence-corrected chi connectivity index (χ1v) is 4.27. The summed E-state index contributed by atoms with van der Waals surface area (Å²) in [6.07, 6.45) is 0. The molecular weight excluding hydrogens is 158 g/mol. The van der Waals surface area contributed by atoms with Crippen LogP contribution in [0.25, 0.3) is 0 Å². The summed E-state index contributed by atoms with van der Waals surface area (Å²) in [5, 5.41) is 0. The molecule has 1 rings (SSSR count). The lowest BCUT2D eigenvalue weighted by molar-refractivity contribution is 1.47. The van der Waals surface area contributed by atoms with Crippen molar-refractivity contribution < 1.29 is 0 Å². The minimum Gasteiger partial charge on any atom is -0.258 e. The predicted octanol–water partition coefficient (Wildman–Crippen LogP) is 3.17. The zero-order chi connectivity index (χ0) is 9.68. The molecule has 13 heavy (non-hydrogen) atoms. The van der Waals surface area contributed by atoms with Crippen LogP contribution >= 0.6 is 0 Å². The summed E-state index contributed by atoms with van der Waals surface area (Å²) in [7, 11) is 0. The van der Waals surface area contributed by atoms with E-state index in [1.165, 1.54) is 0 Å². The zero-order valence-corrected chi connectivity index (χ0v) is 8.26. The van der Waals surface area contributed by atoms with E-state index in [2.05, 4.69) is 16.8 Å². The third kappa shape index (κ3) is 3.13. The second-order valence-corrected chi connectivity index (χ2v) is 2.98. The Morgan fingerprint density at radius 1 is 1.15 bits per heavy atom. The van der Waals surface area contributed by atoms with E-state index in [4.69, 9.17) is 0 Å². The van der Waals surface area contributed by atoms with Gasteiger partial charge in [-0.3, -0.25) is 4.99 Å². The molecule has 0 aliphatic heterocycles. The van der Waals surface area contributed by atoms with Crippen LogP contribution in [0.5, 0.6) is 0 Å². The van der Waals surface area contributed by atoms with Gasteiger partial charge in [-0.15, -0.1) is 5.92 Å². The molecule has 0 saturated carbocycles. The summed E-state index contributed by atoms with van der Waals surface area (Å²) >= 11 is 0. The van der Waals surface area contributed by atoms with Crippen LogP contribution in [0.4, 0.5) is 5.69 Å². The molecule has 1 aromatic rings. The zero-order valence-electron chi connectivity index (χ0n) is 8.26. The Kier molecular flexibility index (Phi) is 3.28. The van der Waals surface area contributed by atoms with Gasteiger partial charge in [0, 0.05) is 11.3 Å². The van der Waals surface area contributed by atoms with Crippen LogP contribution in [-0.4, -0.2) is 5.71 Å². The van der Waals surface area contributed by atoms with E-state index in [-0.39, 0.29) is 0 Å². The standard InChI is InChI=1S/C12H13N/c1-4-5-11-6-8-12(9-7-11)13-10(2)3/h6-9H,1-3H3. The molecule has 0 radical (unpaired) electrons. The Balaban J connectivity index is 2.92. The molecule has 0 aromatic heterocycles. The van der Waals surface area contributed by atoms with Crippen molar-refractivity contribution in [2.24, 2.45) is 4.99 Å². The predicted molar refractivity (Wildman–Crippen MR) is 57.4 cm³/mol. The molecule has 0 aliphatic rings. The Morgan fingerprint density at radius 3 is 2.23 bits per heavy atom. The largest absolute Gasteiger partial charge is 0.258 e. The summed E-state index contributed by atoms with van der Waals surface area (Å²) in [4.78, 5) is 4.33. The maximum Gasteiger partial charge on any atom is 0.0629 e. The molecule has 0 unspecified atom stereocenters. The lowest BCUT2D eigenvalue weighted by Gasteiger charge is -1.94. The Morgan fingerprint density at radius 2 is 1.77 bits per heavy atom. The van der Waals surface area contributed by atoms with E-state index in [1.807, 2.05) is 45.0 Å². The smallest absolute Gasteiger partial charge is 0.0629 e. The van der Waals surface area contributed by atoms with Gasteiger partial charge in [-0.2, -0.15) is 0 Å². The summed E-state index contributed by atoms with van der Waals surface area (Å²) in [6, 6.07) is 7.93. The molecule has 0 fully saturated rings. The number of nitrogens with zero attached hydrogens (tertiary/aromatic N) is 1. The van der Waals surface area contributed by atoms with Gasteiger partial charge in [-0.05, 0) is 45.0 Å². The van der Waals surface area contributed by atoms with Gasteiger partial charge < -0.3 is 0 Å². The molecule has 0 N–H and O–H groups in total. The van der Waals surface area contributed by atoms with Crippen molar-refractivity contribution in [3.8, 4) is 11.8 Å². The molecule has 0 atom stereocenters. The van der Waals surface area contributed by atoms with Crippen molar-refractivity contribution in [2.75, 3.05) is 0 Å². The van der Waals surface area contributed by atoms with E-state index in [9.17, 15) is 0 Å². The van der Waals surface area contributed by atoms with Crippen molar-refractivity contribution in [2.45, 2.75) is 20.8 Å². The van der Waals surface area contributed by atoms with Gasteiger partial charge in [0.15, 0.2) is 0 Å². The maximum atomic E-state index is 4.33. The maximum absolute atomic E-state index is 4.33. The van der Waals surface area contributed by atoms with Crippen molar-refractivity contribution in [1.29, 1.82) is 0 Å². The summed E-state index contributed by atoms with van der Waals surface area (Å²) in [5.74, 6) is 5.85. The van der Waals surface area contributed by atoms with E-state index < -0.39 is 0 Å².